The highest BCUT2D eigenvalue weighted by atomic mass is 32.2. The van der Waals surface area contributed by atoms with Gasteiger partial charge in [0.25, 0.3) is 15.9 Å². The first-order valence-corrected chi connectivity index (χ1v) is 12.7. The number of hydrogen-bond acceptors (Lipinski definition) is 5. The highest BCUT2D eigenvalue weighted by Gasteiger charge is 2.21. The van der Waals surface area contributed by atoms with Crippen LogP contribution in [-0.4, -0.2) is 23.9 Å². The van der Waals surface area contributed by atoms with Gasteiger partial charge in [0.1, 0.15) is 5.69 Å². The number of anilines is 2. The minimum Gasteiger partial charge on any atom is -0.336 e. The number of nitrogens with one attached hydrogen (secondary N) is 2. The maximum atomic E-state index is 13.2. The van der Waals surface area contributed by atoms with Crippen molar-refractivity contribution in [3.8, 4) is 0 Å². The summed E-state index contributed by atoms with van der Waals surface area (Å²) in [5.41, 5.74) is 3.12. The number of aromatic nitrogens is 2. The highest BCUT2D eigenvalue weighted by Crippen LogP contribution is 2.27. The molecule has 0 atom stereocenters. The number of carbonyl (C=O) groups is 1. The summed E-state index contributed by atoms with van der Waals surface area (Å²) in [5.74, 6) is -0.216. The topological polar surface area (TPSA) is 93.1 Å². The van der Waals surface area contributed by atoms with Crippen molar-refractivity contribution >= 4 is 49.0 Å². The maximum Gasteiger partial charge on any atom is 0.272 e. The minimum absolute atomic E-state index is 0.0962. The summed E-state index contributed by atoms with van der Waals surface area (Å²) in [4.78, 5) is 17.3. The monoisotopic (exact) mass is 468 g/mol. The van der Waals surface area contributed by atoms with Gasteiger partial charge in [0.05, 0.1) is 4.90 Å². The largest absolute Gasteiger partial charge is 0.336 e. The molecule has 0 spiro atoms. The van der Waals surface area contributed by atoms with Crippen LogP contribution >= 0.6 is 11.3 Å². The molecule has 2 aromatic carbocycles. The normalized spacial score (nSPS) is 11.6. The summed E-state index contributed by atoms with van der Waals surface area (Å²) in [6.45, 7) is 4.84. The van der Waals surface area contributed by atoms with E-state index >= 15 is 0 Å². The zero-order valence-electron chi connectivity index (χ0n) is 17.8. The Morgan fingerprint density at radius 1 is 1.12 bits per heavy atom. The maximum absolute atomic E-state index is 13.2. The van der Waals surface area contributed by atoms with E-state index in [9.17, 15) is 13.2 Å². The van der Waals surface area contributed by atoms with Crippen molar-refractivity contribution in [3.63, 3.8) is 0 Å². The standard InChI is InChI=1S/C23H24N4O3S2/c1-3-4-14-27-20-8-6-5-7-19(20)16(2)21(27)22(28)25-17-9-11-18(12-10-17)32(29,30)26-23-24-13-15-31-23/h5-13,15H,3-4,14H2,1-2H3,(H,24,26)(H,25,28). The molecule has 1 amide bonds. The molecule has 32 heavy (non-hydrogen) atoms. The van der Waals surface area contributed by atoms with Gasteiger partial charge in [0, 0.05) is 34.7 Å². The number of carbonyl (C=O) groups excluding carboxylic acids is 1. The van der Waals surface area contributed by atoms with Crippen LogP contribution in [-0.2, 0) is 16.6 Å². The fourth-order valence-corrected chi connectivity index (χ4v) is 5.46. The second-order valence-corrected chi connectivity index (χ2v) is 9.99. The van der Waals surface area contributed by atoms with E-state index in [4.69, 9.17) is 0 Å². The number of sulfonamides is 1. The molecule has 4 aromatic rings. The quantitative estimate of drug-likeness (QED) is 0.369. The van der Waals surface area contributed by atoms with Gasteiger partial charge in [-0.3, -0.25) is 9.52 Å². The van der Waals surface area contributed by atoms with E-state index in [1.807, 2.05) is 31.2 Å². The van der Waals surface area contributed by atoms with Crippen LogP contribution in [0.2, 0.25) is 0 Å². The first-order chi connectivity index (χ1) is 15.4. The third kappa shape index (κ3) is 4.39. The fraction of sp³-hybridized carbons (Fsp3) is 0.217. The Balaban J connectivity index is 1.58. The molecule has 0 fully saturated rings. The molecular weight excluding hydrogens is 444 g/mol. The van der Waals surface area contributed by atoms with Gasteiger partial charge in [0.2, 0.25) is 0 Å². The number of rotatable bonds is 8. The summed E-state index contributed by atoms with van der Waals surface area (Å²) in [5, 5.41) is 5.97. The lowest BCUT2D eigenvalue weighted by molar-refractivity contribution is 0.101. The van der Waals surface area contributed by atoms with Crippen LogP contribution in [0, 0.1) is 6.92 Å². The predicted octanol–water partition coefficient (Wildman–Crippen LogP) is 5.26. The third-order valence-electron chi connectivity index (χ3n) is 5.25. The first kappa shape index (κ1) is 22.0. The Hall–Kier alpha value is -3.17. The number of unbranched alkanes of at least 4 members (excludes halogenated alkanes) is 1. The van der Waals surface area contributed by atoms with Gasteiger partial charge >= 0.3 is 0 Å². The lowest BCUT2D eigenvalue weighted by Gasteiger charge is -2.12. The number of amides is 1. The van der Waals surface area contributed by atoms with Crippen LogP contribution in [0.25, 0.3) is 10.9 Å². The van der Waals surface area contributed by atoms with Gasteiger partial charge in [-0.25, -0.2) is 13.4 Å². The minimum atomic E-state index is -3.74. The van der Waals surface area contributed by atoms with Crippen molar-refractivity contribution in [3.05, 3.63) is 71.4 Å². The molecule has 4 rings (SSSR count). The Bertz CT molecular complexity index is 1340. The Morgan fingerprint density at radius 3 is 2.56 bits per heavy atom. The molecule has 7 nitrogen and oxygen atoms in total. The fourth-order valence-electron chi connectivity index (χ4n) is 3.67. The van der Waals surface area contributed by atoms with E-state index in [1.165, 1.54) is 29.7 Å². The van der Waals surface area contributed by atoms with E-state index in [-0.39, 0.29) is 10.8 Å². The van der Waals surface area contributed by atoms with Crippen LogP contribution < -0.4 is 10.0 Å². The van der Waals surface area contributed by atoms with E-state index in [1.54, 1.807) is 17.5 Å². The molecule has 0 bridgehead atoms. The van der Waals surface area contributed by atoms with Crippen molar-refractivity contribution in [2.24, 2.45) is 0 Å². The predicted molar refractivity (Wildman–Crippen MR) is 129 cm³/mol. The molecule has 0 saturated heterocycles. The molecule has 2 heterocycles. The van der Waals surface area contributed by atoms with Crippen molar-refractivity contribution in [1.29, 1.82) is 0 Å². The summed E-state index contributed by atoms with van der Waals surface area (Å²) in [6.07, 6.45) is 3.53. The highest BCUT2D eigenvalue weighted by molar-refractivity contribution is 7.93. The third-order valence-corrected chi connectivity index (χ3v) is 7.42. The van der Waals surface area contributed by atoms with Gasteiger partial charge in [-0.15, -0.1) is 11.3 Å². The van der Waals surface area contributed by atoms with E-state index in [0.29, 0.717) is 16.5 Å². The van der Waals surface area contributed by atoms with Crippen LogP contribution in [0.4, 0.5) is 10.8 Å². The van der Waals surface area contributed by atoms with Gasteiger partial charge in [-0.2, -0.15) is 0 Å². The average molecular weight is 469 g/mol. The van der Waals surface area contributed by atoms with Crippen molar-refractivity contribution in [2.75, 3.05) is 10.0 Å². The molecule has 0 unspecified atom stereocenters. The van der Waals surface area contributed by atoms with Crippen molar-refractivity contribution in [2.45, 2.75) is 38.1 Å². The first-order valence-electron chi connectivity index (χ1n) is 10.3. The zero-order valence-corrected chi connectivity index (χ0v) is 19.5. The second-order valence-electron chi connectivity index (χ2n) is 7.42. The molecular formula is C23H24N4O3S2. The number of benzene rings is 2. The van der Waals surface area contributed by atoms with Gasteiger partial charge in [-0.1, -0.05) is 31.5 Å². The van der Waals surface area contributed by atoms with Crippen LogP contribution in [0.1, 0.15) is 35.8 Å². The molecule has 2 N–H and O–H groups in total. The summed E-state index contributed by atoms with van der Waals surface area (Å²) in [7, 11) is -3.74. The number of para-hydroxylation sites is 1. The van der Waals surface area contributed by atoms with E-state index < -0.39 is 10.0 Å². The summed E-state index contributed by atoms with van der Waals surface area (Å²) >= 11 is 1.20. The van der Waals surface area contributed by atoms with Crippen LogP contribution in [0.15, 0.2) is 65.0 Å². The molecule has 0 aliphatic heterocycles. The van der Waals surface area contributed by atoms with Crippen molar-refractivity contribution < 1.29 is 13.2 Å². The molecule has 2 aromatic heterocycles. The number of aryl methyl sites for hydroxylation is 2. The Kier molecular flexibility index (Phi) is 6.29. The molecule has 9 heteroatoms. The number of hydrogen-bond donors (Lipinski definition) is 2. The Morgan fingerprint density at radius 2 is 1.88 bits per heavy atom. The number of fused-ring (bicyclic) bond motifs is 1. The summed E-state index contributed by atoms with van der Waals surface area (Å²) in [6, 6.07) is 14.1. The smallest absolute Gasteiger partial charge is 0.272 e. The second kappa shape index (κ2) is 9.13. The Labute approximate surface area is 191 Å². The van der Waals surface area contributed by atoms with Gasteiger partial charge < -0.3 is 9.88 Å². The zero-order chi connectivity index (χ0) is 22.7. The average Bonchev–Trinajstić information content (AvgIpc) is 3.38. The molecule has 0 aliphatic rings. The molecule has 0 aliphatic carbocycles. The SMILES string of the molecule is CCCCn1c(C(=O)Nc2ccc(S(=O)(=O)Nc3nccs3)cc2)c(C)c2ccccc21. The van der Waals surface area contributed by atoms with Crippen LogP contribution in [0.5, 0.6) is 0 Å². The van der Waals surface area contributed by atoms with Gasteiger partial charge in [-0.05, 0) is 49.2 Å². The van der Waals surface area contributed by atoms with E-state index in [2.05, 4.69) is 26.5 Å². The number of nitrogens with zero attached hydrogens (tertiary/aromatic N) is 2. The van der Waals surface area contributed by atoms with Crippen LogP contribution in [0.3, 0.4) is 0 Å². The number of thiazole rings is 1. The lowest BCUT2D eigenvalue weighted by Crippen LogP contribution is -2.18. The van der Waals surface area contributed by atoms with E-state index in [0.717, 1.165) is 35.9 Å². The molecule has 166 valence electrons. The molecule has 0 saturated carbocycles. The van der Waals surface area contributed by atoms with Crippen molar-refractivity contribution in [1.82, 2.24) is 9.55 Å². The lowest BCUT2D eigenvalue weighted by atomic mass is 10.1. The summed E-state index contributed by atoms with van der Waals surface area (Å²) < 4.78 is 29.5. The van der Waals surface area contributed by atoms with Gasteiger partial charge in [0.15, 0.2) is 5.13 Å². The molecule has 0 radical (unpaired) electrons.